The Morgan fingerprint density at radius 3 is 2.37 bits per heavy atom. The van der Waals surface area contributed by atoms with Gasteiger partial charge in [0.05, 0.1) is 5.56 Å². The summed E-state index contributed by atoms with van der Waals surface area (Å²) < 4.78 is 0. The van der Waals surface area contributed by atoms with Gasteiger partial charge in [0, 0.05) is 5.69 Å². The van der Waals surface area contributed by atoms with Gasteiger partial charge in [-0.05, 0) is 36.2 Å². The summed E-state index contributed by atoms with van der Waals surface area (Å²) in [7, 11) is 0. The number of aromatic amines is 1. The van der Waals surface area contributed by atoms with Crippen molar-refractivity contribution in [1.82, 2.24) is 4.98 Å². The highest BCUT2D eigenvalue weighted by Gasteiger charge is 2.31. The lowest BCUT2D eigenvalue weighted by atomic mass is 9.71. The van der Waals surface area contributed by atoms with Crippen LogP contribution in [0.1, 0.15) is 49.6 Å². The van der Waals surface area contributed by atoms with E-state index in [9.17, 15) is 10.1 Å². The Morgan fingerprint density at radius 1 is 1.21 bits per heavy atom. The standard InChI is InChI=1S/C15H17N3O/c1-15(2,3)9-4-5-10-11(7-16)12(8-17)14(19)18-13(10)6-9/h9H,4-6H2,1-3H3,(H,18,19)/t9-/m1/s1. The minimum absolute atomic E-state index is 0.0459. The van der Waals surface area contributed by atoms with Gasteiger partial charge in [0.2, 0.25) is 0 Å². The summed E-state index contributed by atoms with van der Waals surface area (Å²) >= 11 is 0. The molecule has 4 nitrogen and oxygen atoms in total. The van der Waals surface area contributed by atoms with Crippen molar-refractivity contribution in [3.63, 3.8) is 0 Å². The Kier molecular flexibility index (Phi) is 3.20. The molecule has 0 amide bonds. The zero-order chi connectivity index (χ0) is 14.2. The number of nitrogens with one attached hydrogen (secondary N) is 1. The Morgan fingerprint density at radius 2 is 1.84 bits per heavy atom. The molecule has 2 rings (SSSR count). The van der Waals surface area contributed by atoms with Gasteiger partial charge >= 0.3 is 0 Å². The quantitative estimate of drug-likeness (QED) is 0.772. The van der Waals surface area contributed by atoms with Gasteiger partial charge < -0.3 is 4.98 Å². The van der Waals surface area contributed by atoms with Gasteiger partial charge in [0.25, 0.3) is 5.56 Å². The van der Waals surface area contributed by atoms with Crippen molar-refractivity contribution in [2.75, 3.05) is 0 Å². The molecule has 0 unspecified atom stereocenters. The van der Waals surface area contributed by atoms with E-state index in [1.807, 2.05) is 12.1 Å². The number of nitrogens with zero attached hydrogens (tertiary/aromatic N) is 2. The molecule has 0 spiro atoms. The summed E-state index contributed by atoms with van der Waals surface area (Å²) in [5.74, 6) is 0.482. The number of hydrogen-bond donors (Lipinski definition) is 1. The molecule has 0 saturated carbocycles. The predicted molar refractivity (Wildman–Crippen MR) is 71.5 cm³/mol. The Bertz CT molecular complexity index is 650. The Balaban J connectivity index is 2.56. The van der Waals surface area contributed by atoms with Crippen LogP contribution in [0.25, 0.3) is 0 Å². The van der Waals surface area contributed by atoms with Crippen LogP contribution in [0.5, 0.6) is 0 Å². The minimum Gasteiger partial charge on any atom is -0.325 e. The third-order valence-electron chi connectivity index (χ3n) is 4.05. The first-order chi connectivity index (χ1) is 8.88. The molecular weight excluding hydrogens is 238 g/mol. The molecule has 1 aliphatic rings. The third-order valence-corrected chi connectivity index (χ3v) is 4.05. The highest BCUT2D eigenvalue weighted by molar-refractivity contribution is 5.51. The van der Waals surface area contributed by atoms with E-state index < -0.39 is 5.56 Å². The summed E-state index contributed by atoms with van der Waals surface area (Å²) in [5.41, 5.74) is 1.66. The zero-order valence-corrected chi connectivity index (χ0v) is 11.5. The van der Waals surface area contributed by atoms with E-state index in [-0.39, 0.29) is 16.5 Å². The van der Waals surface area contributed by atoms with Crippen molar-refractivity contribution in [1.29, 1.82) is 10.5 Å². The normalized spacial score (nSPS) is 18.3. The van der Waals surface area contributed by atoms with Crippen molar-refractivity contribution in [2.24, 2.45) is 11.3 Å². The van der Waals surface area contributed by atoms with E-state index in [1.54, 1.807) is 0 Å². The van der Waals surface area contributed by atoms with Crippen LogP contribution in [0.3, 0.4) is 0 Å². The largest absolute Gasteiger partial charge is 0.325 e. The first-order valence-electron chi connectivity index (χ1n) is 6.46. The van der Waals surface area contributed by atoms with Crippen LogP contribution >= 0.6 is 0 Å². The molecule has 0 aliphatic heterocycles. The van der Waals surface area contributed by atoms with Gasteiger partial charge in [-0.25, -0.2) is 0 Å². The maximum Gasteiger partial charge on any atom is 0.267 e. The molecule has 1 N–H and O–H groups in total. The fourth-order valence-corrected chi connectivity index (χ4v) is 2.78. The lowest BCUT2D eigenvalue weighted by Gasteiger charge is -2.34. The predicted octanol–water partition coefficient (Wildman–Crippen LogP) is 2.27. The maximum absolute atomic E-state index is 11.8. The highest BCUT2D eigenvalue weighted by Crippen LogP contribution is 2.37. The van der Waals surface area contributed by atoms with E-state index in [2.05, 4.69) is 25.8 Å². The molecule has 19 heavy (non-hydrogen) atoms. The zero-order valence-electron chi connectivity index (χ0n) is 11.5. The number of H-pyrrole nitrogens is 1. The fraction of sp³-hybridized carbons (Fsp3) is 0.533. The lowest BCUT2D eigenvalue weighted by Crippen LogP contribution is -2.30. The van der Waals surface area contributed by atoms with E-state index in [0.717, 1.165) is 30.5 Å². The minimum atomic E-state index is -0.438. The molecule has 98 valence electrons. The van der Waals surface area contributed by atoms with Gasteiger partial charge in [-0.15, -0.1) is 0 Å². The molecule has 1 heterocycles. The van der Waals surface area contributed by atoms with Crippen LogP contribution < -0.4 is 5.56 Å². The monoisotopic (exact) mass is 255 g/mol. The number of aromatic nitrogens is 1. The molecule has 0 radical (unpaired) electrons. The van der Waals surface area contributed by atoms with Crippen molar-refractivity contribution >= 4 is 0 Å². The molecule has 1 atom stereocenters. The van der Waals surface area contributed by atoms with Crippen molar-refractivity contribution in [3.8, 4) is 12.1 Å². The van der Waals surface area contributed by atoms with Crippen LogP contribution in [0.4, 0.5) is 0 Å². The molecule has 1 aromatic rings. The van der Waals surface area contributed by atoms with Crippen LogP contribution in [-0.2, 0) is 12.8 Å². The topological polar surface area (TPSA) is 80.4 Å². The average molecular weight is 255 g/mol. The van der Waals surface area contributed by atoms with Gasteiger partial charge in [0.15, 0.2) is 0 Å². The summed E-state index contributed by atoms with van der Waals surface area (Å²) in [5, 5.41) is 18.2. The number of hydrogen-bond acceptors (Lipinski definition) is 3. The van der Waals surface area contributed by atoms with Gasteiger partial charge in [-0.2, -0.15) is 10.5 Å². The van der Waals surface area contributed by atoms with E-state index in [4.69, 9.17) is 5.26 Å². The Labute approximate surface area is 112 Å². The number of rotatable bonds is 0. The molecule has 0 bridgehead atoms. The highest BCUT2D eigenvalue weighted by atomic mass is 16.1. The van der Waals surface area contributed by atoms with Crippen molar-refractivity contribution in [3.05, 3.63) is 32.7 Å². The smallest absolute Gasteiger partial charge is 0.267 e. The second-order valence-corrected chi connectivity index (χ2v) is 6.19. The molecular formula is C15H17N3O. The summed E-state index contributed by atoms with van der Waals surface area (Å²) in [4.78, 5) is 14.6. The van der Waals surface area contributed by atoms with Crippen molar-refractivity contribution < 1.29 is 0 Å². The van der Waals surface area contributed by atoms with Crippen LogP contribution in [0.2, 0.25) is 0 Å². The second kappa shape index (κ2) is 4.55. The first kappa shape index (κ1) is 13.4. The van der Waals surface area contributed by atoms with Gasteiger partial charge in [-0.3, -0.25) is 4.79 Å². The molecule has 1 aromatic heterocycles. The molecule has 0 saturated heterocycles. The molecule has 0 fully saturated rings. The van der Waals surface area contributed by atoms with Crippen LogP contribution in [0, 0.1) is 34.0 Å². The number of nitriles is 2. The van der Waals surface area contributed by atoms with E-state index in [0.29, 0.717) is 5.92 Å². The summed E-state index contributed by atoms with van der Waals surface area (Å²) in [6.07, 6.45) is 2.52. The first-order valence-corrected chi connectivity index (χ1v) is 6.46. The van der Waals surface area contributed by atoms with Gasteiger partial charge in [0.1, 0.15) is 17.7 Å². The number of pyridine rings is 1. The summed E-state index contributed by atoms with van der Waals surface area (Å²) in [6, 6.07) is 3.87. The lowest BCUT2D eigenvalue weighted by molar-refractivity contribution is 0.213. The average Bonchev–Trinajstić information content (AvgIpc) is 2.35. The SMILES string of the molecule is CC(C)(C)[C@@H]1CCc2c([nH]c(=O)c(C#N)c2C#N)C1. The molecule has 4 heteroatoms. The second-order valence-electron chi connectivity index (χ2n) is 6.19. The van der Waals surface area contributed by atoms with Gasteiger partial charge in [-0.1, -0.05) is 20.8 Å². The number of fused-ring (bicyclic) bond motifs is 1. The van der Waals surface area contributed by atoms with E-state index in [1.165, 1.54) is 0 Å². The Hall–Kier alpha value is -2.07. The third kappa shape index (κ3) is 2.27. The van der Waals surface area contributed by atoms with E-state index >= 15 is 0 Å². The molecule has 1 aliphatic carbocycles. The van der Waals surface area contributed by atoms with Crippen LogP contribution in [-0.4, -0.2) is 4.98 Å². The fourth-order valence-electron chi connectivity index (χ4n) is 2.78. The van der Waals surface area contributed by atoms with Crippen LogP contribution in [0.15, 0.2) is 4.79 Å². The molecule has 0 aromatic carbocycles. The summed E-state index contributed by atoms with van der Waals surface area (Å²) in [6.45, 7) is 6.57. The maximum atomic E-state index is 11.8. The van der Waals surface area contributed by atoms with Crippen molar-refractivity contribution in [2.45, 2.75) is 40.0 Å².